The Morgan fingerprint density at radius 3 is 2.65 bits per heavy atom. The predicted octanol–water partition coefficient (Wildman–Crippen LogP) is 3.22. The van der Waals surface area contributed by atoms with E-state index in [4.69, 9.17) is 15.8 Å². The molecular weight excluding hydrogens is 392 g/mol. The van der Waals surface area contributed by atoms with Gasteiger partial charge in [-0.3, -0.25) is 9.59 Å². The van der Waals surface area contributed by atoms with Crippen LogP contribution in [0.15, 0.2) is 6.20 Å². The van der Waals surface area contributed by atoms with Crippen LogP contribution in [-0.4, -0.2) is 37.5 Å². The lowest BCUT2D eigenvalue weighted by atomic mass is 9.75. The van der Waals surface area contributed by atoms with E-state index in [0.29, 0.717) is 24.0 Å². The highest BCUT2D eigenvalue weighted by atomic mass is 16.1. The van der Waals surface area contributed by atoms with E-state index in [1.54, 1.807) is 10.9 Å². The molecule has 31 heavy (non-hydrogen) atoms. The van der Waals surface area contributed by atoms with Gasteiger partial charge in [0.15, 0.2) is 23.1 Å². The number of amides is 1. The van der Waals surface area contributed by atoms with Gasteiger partial charge >= 0.3 is 0 Å². The van der Waals surface area contributed by atoms with Crippen LogP contribution in [0.25, 0.3) is 5.82 Å². The van der Waals surface area contributed by atoms with Crippen molar-refractivity contribution in [1.29, 1.82) is 0 Å². The largest absolute Gasteiger partial charge is 0.365 e. The lowest BCUT2D eigenvalue weighted by Crippen LogP contribution is -2.28. The van der Waals surface area contributed by atoms with Crippen LogP contribution in [0, 0.1) is 11.3 Å². The van der Waals surface area contributed by atoms with Crippen LogP contribution in [-0.2, 0) is 12.8 Å². The van der Waals surface area contributed by atoms with Crippen molar-refractivity contribution >= 4 is 17.5 Å². The van der Waals surface area contributed by atoms with Gasteiger partial charge in [-0.15, -0.1) is 0 Å². The van der Waals surface area contributed by atoms with Crippen molar-refractivity contribution in [2.45, 2.75) is 77.7 Å². The van der Waals surface area contributed by atoms with E-state index in [-0.39, 0.29) is 22.9 Å². The molecule has 3 aliphatic carbocycles. The molecule has 0 aromatic carbocycles. The van der Waals surface area contributed by atoms with E-state index in [1.165, 1.54) is 12.8 Å². The number of fused-ring (bicyclic) bond motifs is 1. The molecule has 0 radical (unpaired) electrons. The van der Waals surface area contributed by atoms with Gasteiger partial charge in [0.1, 0.15) is 0 Å². The van der Waals surface area contributed by atoms with Crippen molar-refractivity contribution in [2.75, 3.05) is 5.32 Å². The third kappa shape index (κ3) is 3.95. The fourth-order valence-corrected chi connectivity index (χ4v) is 4.98. The Labute approximate surface area is 182 Å². The Bertz CT molecular complexity index is 1050. The Morgan fingerprint density at radius 1 is 1.23 bits per heavy atom. The summed E-state index contributed by atoms with van der Waals surface area (Å²) in [6.45, 7) is 4.22. The molecule has 2 aromatic heterocycles. The first-order valence-electron chi connectivity index (χ1n) is 11.4. The molecule has 2 fully saturated rings. The van der Waals surface area contributed by atoms with Crippen LogP contribution in [0.5, 0.6) is 0 Å². The smallest absolute Gasteiger partial charge is 0.271 e. The summed E-state index contributed by atoms with van der Waals surface area (Å²) < 4.78 is 1.78. The molecule has 0 atom stereocenters. The molecule has 2 aromatic rings. The number of hydrogen-bond acceptors (Lipinski definition) is 6. The molecule has 0 unspecified atom stereocenters. The second kappa shape index (κ2) is 7.43. The summed E-state index contributed by atoms with van der Waals surface area (Å²) in [5, 5.41) is 8.23. The molecule has 0 bridgehead atoms. The SMILES string of the molecule is CC1(C)CC(=O)c2c(CC3CC3)nn(-c3cnc(C(N)=O)c(NC4CCCC4)n3)c2C1. The molecule has 3 aliphatic rings. The fraction of sp³-hybridized carbons (Fsp3) is 0.609. The number of rotatable bonds is 6. The van der Waals surface area contributed by atoms with Crippen LogP contribution in [0.3, 0.4) is 0 Å². The van der Waals surface area contributed by atoms with Crippen molar-refractivity contribution in [3.63, 3.8) is 0 Å². The number of Topliss-reactive ketones (excluding diaryl/α,β-unsaturated/α-hetero) is 1. The first-order valence-corrected chi connectivity index (χ1v) is 11.4. The van der Waals surface area contributed by atoms with Gasteiger partial charge in [-0.1, -0.05) is 26.7 Å². The number of anilines is 1. The number of ketones is 1. The second-order valence-electron chi connectivity index (χ2n) is 10.2. The van der Waals surface area contributed by atoms with Gasteiger partial charge in [0, 0.05) is 12.5 Å². The molecule has 5 rings (SSSR count). The highest BCUT2D eigenvalue weighted by Crippen LogP contribution is 2.40. The Balaban J connectivity index is 1.59. The summed E-state index contributed by atoms with van der Waals surface area (Å²) in [5.41, 5.74) is 8.13. The van der Waals surface area contributed by atoms with Gasteiger partial charge in [0.2, 0.25) is 0 Å². The van der Waals surface area contributed by atoms with Crippen LogP contribution in [0.4, 0.5) is 5.82 Å². The molecular formula is C23H30N6O2. The van der Waals surface area contributed by atoms with Gasteiger partial charge in [-0.05, 0) is 49.9 Å². The van der Waals surface area contributed by atoms with Crippen molar-refractivity contribution in [2.24, 2.45) is 17.1 Å². The number of carbonyl (C=O) groups excluding carboxylic acids is 2. The Morgan fingerprint density at radius 2 is 1.97 bits per heavy atom. The maximum Gasteiger partial charge on any atom is 0.271 e. The Kier molecular flexibility index (Phi) is 4.83. The van der Waals surface area contributed by atoms with Gasteiger partial charge in [0.05, 0.1) is 23.1 Å². The maximum atomic E-state index is 13.0. The van der Waals surface area contributed by atoms with Gasteiger partial charge in [-0.2, -0.15) is 5.10 Å². The van der Waals surface area contributed by atoms with E-state index in [1.807, 2.05) is 0 Å². The number of nitrogens with two attached hydrogens (primary N) is 1. The standard InChI is InChI=1S/C23H30N6O2/c1-23(2)10-16-19(17(30)11-23)15(9-13-7-8-13)28-29(16)18-12-25-20(21(24)31)22(27-18)26-14-5-3-4-6-14/h12-14H,3-11H2,1-2H3,(H2,24,31)(H,26,27). The molecule has 1 amide bonds. The second-order valence-corrected chi connectivity index (χ2v) is 10.2. The van der Waals surface area contributed by atoms with Crippen LogP contribution < -0.4 is 11.1 Å². The zero-order chi connectivity index (χ0) is 21.8. The molecule has 8 nitrogen and oxygen atoms in total. The number of carbonyl (C=O) groups is 2. The third-order valence-corrected chi connectivity index (χ3v) is 6.70. The minimum atomic E-state index is -0.604. The van der Waals surface area contributed by atoms with Crippen molar-refractivity contribution < 1.29 is 9.59 Å². The van der Waals surface area contributed by atoms with Crippen molar-refractivity contribution in [3.8, 4) is 5.82 Å². The molecule has 0 aliphatic heterocycles. The highest BCUT2D eigenvalue weighted by Gasteiger charge is 2.38. The summed E-state index contributed by atoms with van der Waals surface area (Å²) in [6.07, 6.45) is 10.4. The minimum Gasteiger partial charge on any atom is -0.365 e. The summed E-state index contributed by atoms with van der Waals surface area (Å²) in [5.74, 6) is 1.12. The lowest BCUT2D eigenvalue weighted by Gasteiger charge is -2.29. The summed E-state index contributed by atoms with van der Waals surface area (Å²) in [7, 11) is 0. The third-order valence-electron chi connectivity index (χ3n) is 6.70. The number of primary amides is 1. The molecule has 8 heteroatoms. The zero-order valence-electron chi connectivity index (χ0n) is 18.3. The Hall–Kier alpha value is -2.77. The van der Waals surface area contributed by atoms with Gasteiger partial charge in [0.25, 0.3) is 5.91 Å². The highest BCUT2D eigenvalue weighted by molar-refractivity contribution is 6.00. The number of aromatic nitrogens is 4. The molecule has 0 spiro atoms. The first-order chi connectivity index (χ1) is 14.8. The number of nitrogens with one attached hydrogen (secondary N) is 1. The molecule has 3 N–H and O–H groups in total. The quantitative estimate of drug-likeness (QED) is 0.738. The van der Waals surface area contributed by atoms with Crippen molar-refractivity contribution in [1.82, 2.24) is 19.7 Å². The minimum absolute atomic E-state index is 0.135. The number of hydrogen-bond donors (Lipinski definition) is 2. The molecule has 164 valence electrons. The van der Waals surface area contributed by atoms with E-state index >= 15 is 0 Å². The molecule has 2 heterocycles. The maximum absolute atomic E-state index is 13.0. The lowest BCUT2D eigenvalue weighted by molar-refractivity contribution is 0.0909. The summed E-state index contributed by atoms with van der Waals surface area (Å²) in [6, 6.07) is 0.264. The van der Waals surface area contributed by atoms with Crippen molar-refractivity contribution in [3.05, 3.63) is 28.8 Å². The van der Waals surface area contributed by atoms with E-state index in [2.05, 4.69) is 24.1 Å². The average Bonchev–Trinajstić information content (AvgIpc) is 3.22. The van der Waals surface area contributed by atoms with Crippen LogP contribution >= 0.6 is 0 Å². The molecule has 2 saturated carbocycles. The fourth-order valence-electron chi connectivity index (χ4n) is 4.98. The van der Waals surface area contributed by atoms with E-state index in [9.17, 15) is 9.59 Å². The predicted molar refractivity (Wildman–Crippen MR) is 116 cm³/mol. The van der Waals surface area contributed by atoms with E-state index < -0.39 is 5.91 Å². The topological polar surface area (TPSA) is 116 Å². The monoisotopic (exact) mass is 422 g/mol. The van der Waals surface area contributed by atoms with Gasteiger partial charge < -0.3 is 11.1 Å². The number of nitrogens with zero attached hydrogens (tertiary/aromatic N) is 4. The first kappa shape index (κ1) is 20.2. The van der Waals surface area contributed by atoms with Crippen LogP contribution in [0.2, 0.25) is 0 Å². The van der Waals surface area contributed by atoms with Crippen LogP contribution in [0.1, 0.15) is 91.0 Å². The van der Waals surface area contributed by atoms with Gasteiger partial charge in [-0.25, -0.2) is 14.6 Å². The zero-order valence-corrected chi connectivity index (χ0v) is 18.3. The molecule has 0 saturated heterocycles. The summed E-state index contributed by atoms with van der Waals surface area (Å²) >= 11 is 0. The average molecular weight is 423 g/mol. The van der Waals surface area contributed by atoms with E-state index in [0.717, 1.165) is 55.5 Å². The summed E-state index contributed by atoms with van der Waals surface area (Å²) in [4.78, 5) is 34.1. The normalized spacial score (nSPS) is 20.6.